The first-order valence-corrected chi connectivity index (χ1v) is 10.9. The van der Waals surface area contributed by atoms with E-state index < -0.39 is 0 Å². The van der Waals surface area contributed by atoms with E-state index in [4.69, 9.17) is 9.73 Å². The van der Waals surface area contributed by atoms with Crippen molar-refractivity contribution in [1.29, 1.82) is 0 Å². The van der Waals surface area contributed by atoms with Crippen molar-refractivity contribution in [3.63, 3.8) is 0 Å². The number of ether oxygens (including phenoxy) is 1. The number of hydrogen-bond donors (Lipinski definition) is 2. The second-order valence-electron chi connectivity index (χ2n) is 7.61. The zero-order chi connectivity index (χ0) is 18.5. The molecule has 0 saturated carbocycles. The second kappa shape index (κ2) is 13.3. The van der Waals surface area contributed by atoms with E-state index in [1.165, 1.54) is 58.2 Å². The molecule has 0 aromatic heterocycles. The predicted molar refractivity (Wildman–Crippen MR) is 110 cm³/mol. The van der Waals surface area contributed by atoms with Crippen LogP contribution in [-0.4, -0.2) is 87.4 Å². The molecule has 0 radical (unpaired) electrons. The largest absolute Gasteiger partial charge is 0.379 e. The van der Waals surface area contributed by atoms with Crippen LogP contribution < -0.4 is 10.6 Å². The van der Waals surface area contributed by atoms with Crippen molar-refractivity contribution in [2.75, 3.05) is 65.6 Å². The number of aliphatic imine (C=N–C) groups is 1. The number of rotatable bonds is 10. The molecule has 0 amide bonds. The van der Waals surface area contributed by atoms with Crippen molar-refractivity contribution in [1.82, 2.24) is 20.4 Å². The van der Waals surface area contributed by atoms with Crippen LogP contribution in [0.25, 0.3) is 0 Å². The summed E-state index contributed by atoms with van der Waals surface area (Å²) in [6, 6.07) is 0.471. The van der Waals surface area contributed by atoms with Crippen LogP contribution in [0.1, 0.15) is 52.4 Å². The van der Waals surface area contributed by atoms with Gasteiger partial charge in [-0.25, -0.2) is 0 Å². The molecule has 2 N–H and O–H groups in total. The van der Waals surface area contributed by atoms with E-state index in [-0.39, 0.29) is 0 Å². The van der Waals surface area contributed by atoms with Gasteiger partial charge in [-0.3, -0.25) is 9.89 Å². The predicted octanol–water partition coefficient (Wildman–Crippen LogP) is 1.92. The summed E-state index contributed by atoms with van der Waals surface area (Å²) >= 11 is 0. The maximum absolute atomic E-state index is 5.43. The van der Waals surface area contributed by atoms with Gasteiger partial charge in [-0.1, -0.05) is 12.8 Å². The molecule has 0 aromatic carbocycles. The van der Waals surface area contributed by atoms with E-state index in [0.717, 1.165) is 51.9 Å². The van der Waals surface area contributed by atoms with Gasteiger partial charge < -0.3 is 20.3 Å². The maximum atomic E-state index is 5.43. The number of nitrogens with one attached hydrogen (secondary N) is 2. The molecule has 2 aliphatic rings. The van der Waals surface area contributed by atoms with Crippen LogP contribution in [0.4, 0.5) is 0 Å². The van der Waals surface area contributed by atoms with Crippen LogP contribution in [0.2, 0.25) is 0 Å². The van der Waals surface area contributed by atoms with Crippen molar-refractivity contribution in [3.8, 4) is 0 Å². The molecule has 6 nitrogen and oxygen atoms in total. The molecule has 2 heterocycles. The Bertz CT molecular complexity index is 378. The van der Waals surface area contributed by atoms with Crippen LogP contribution in [0.15, 0.2) is 4.99 Å². The van der Waals surface area contributed by atoms with Crippen LogP contribution in [-0.2, 0) is 4.74 Å². The van der Waals surface area contributed by atoms with E-state index in [9.17, 15) is 0 Å². The Morgan fingerprint density at radius 2 is 1.77 bits per heavy atom. The van der Waals surface area contributed by atoms with Gasteiger partial charge >= 0.3 is 0 Å². The summed E-state index contributed by atoms with van der Waals surface area (Å²) in [6.45, 7) is 14.8. The third-order valence-electron chi connectivity index (χ3n) is 5.42. The normalized spacial score (nSPS) is 21.5. The number of unbranched alkanes of at least 4 members (excludes halogenated alkanes) is 2. The Labute approximate surface area is 160 Å². The summed E-state index contributed by atoms with van der Waals surface area (Å²) in [5.74, 6) is 0.962. The molecule has 0 aromatic rings. The first-order chi connectivity index (χ1) is 12.8. The van der Waals surface area contributed by atoms with Crippen LogP contribution in [0.3, 0.4) is 0 Å². The molecule has 1 unspecified atom stereocenters. The molecule has 0 spiro atoms. The van der Waals surface area contributed by atoms with E-state index in [1.54, 1.807) is 0 Å². The lowest BCUT2D eigenvalue weighted by molar-refractivity contribution is 0.0220. The van der Waals surface area contributed by atoms with Gasteiger partial charge in [0, 0.05) is 32.2 Å². The van der Waals surface area contributed by atoms with Gasteiger partial charge in [-0.15, -0.1) is 0 Å². The highest BCUT2D eigenvalue weighted by Gasteiger charge is 2.16. The molecular formula is C20H41N5O. The van der Waals surface area contributed by atoms with Crippen molar-refractivity contribution in [2.24, 2.45) is 4.99 Å². The number of guanidine groups is 1. The molecule has 152 valence electrons. The highest BCUT2D eigenvalue weighted by molar-refractivity contribution is 5.79. The third kappa shape index (κ3) is 8.69. The SMILES string of the molecule is CCNC(=NCC(C)N1CCOCC1)NCCCCCN1CCCCC1. The second-order valence-corrected chi connectivity index (χ2v) is 7.61. The van der Waals surface area contributed by atoms with E-state index in [0.29, 0.717) is 6.04 Å². The smallest absolute Gasteiger partial charge is 0.191 e. The lowest BCUT2D eigenvalue weighted by atomic mass is 10.1. The van der Waals surface area contributed by atoms with Gasteiger partial charge in [0.1, 0.15) is 0 Å². The number of likely N-dealkylation sites (tertiary alicyclic amines) is 1. The fraction of sp³-hybridized carbons (Fsp3) is 0.950. The summed E-state index contributed by atoms with van der Waals surface area (Å²) in [6.07, 6.45) is 8.06. The van der Waals surface area contributed by atoms with Gasteiger partial charge in [-0.2, -0.15) is 0 Å². The summed E-state index contributed by atoms with van der Waals surface area (Å²) in [5.41, 5.74) is 0. The Balaban J connectivity index is 1.57. The first kappa shape index (κ1) is 21.5. The van der Waals surface area contributed by atoms with Gasteiger partial charge in [0.05, 0.1) is 19.8 Å². The third-order valence-corrected chi connectivity index (χ3v) is 5.42. The molecule has 2 aliphatic heterocycles. The Morgan fingerprint density at radius 3 is 2.50 bits per heavy atom. The average Bonchev–Trinajstić information content (AvgIpc) is 2.69. The Morgan fingerprint density at radius 1 is 1.00 bits per heavy atom. The molecule has 0 aliphatic carbocycles. The number of morpholine rings is 1. The van der Waals surface area contributed by atoms with Crippen LogP contribution in [0.5, 0.6) is 0 Å². The average molecular weight is 368 g/mol. The molecule has 1 atom stereocenters. The fourth-order valence-corrected chi connectivity index (χ4v) is 3.73. The zero-order valence-corrected chi connectivity index (χ0v) is 17.1. The zero-order valence-electron chi connectivity index (χ0n) is 17.1. The molecule has 2 saturated heterocycles. The quantitative estimate of drug-likeness (QED) is 0.351. The van der Waals surface area contributed by atoms with Crippen molar-refractivity contribution < 1.29 is 4.74 Å². The van der Waals surface area contributed by atoms with Gasteiger partial charge in [0.2, 0.25) is 0 Å². The monoisotopic (exact) mass is 367 g/mol. The standard InChI is InChI=1S/C20H41N5O/c1-3-21-20(23-18-19(2)25-14-16-26-17-15-25)22-10-6-4-7-11-24-12-8-5-9-13-24/h19H,3-18H2,1-2H3,(H2,21,22,23). The lowest BCUT2D eigenvalue weighted by Gasteiger charge is -2.31. The molecular weight excluding hydrogens is 326 g/mol. The molecule has 2 fully saturated rings. The van der Waals surface area contributed by atoms with E-state index in [2.05, 4.69) is 34.3 Å². The highest BCUT2D eigenvalue weighted by atomic mass is 16.5. The van der Waals surface area contributed by atoms with Gasteiger partial charge in [-0.05, 0) is 59.2 Å². The van der Waals surface area contributed by atoms with Gasteiger partial charge in [0.25, 0.3) is 0 Å². The minimum absolute atomic E-state index is 0.471. The topological polar surface area (TPSA) is 52.1 Å². The minimum Gasteiger partial charge on any atom is -0.379 e. The lowest BCUT2D eigenvalue weighted by Crippen LogP contribution is -2.44. The molecule has 2 rings (SSSR count). The van der Waals surface area contributed by atoms with Crippen molar-refractivity contribution in [2.45, 2.75) is 58.4 Å². The highest BCUT2D eigenvalue weighted by Crippen LogP contribution is 2.09. The minimum atomic E-state index is 0.471. The Kier molecular flexibility index (Phi) is 11.0. The van der Waals surface area contributed by atoms with Crippen molar-refractivity contribution >= 4 is 5.96 Å². The van der Waals surface area contributed by atoms with E-state index >= 15 is 0 Å². The summed E-state index contributed by atoms with van der Waals surface area (Å²) in [7, 11) is 0. The maximum Gasteiger partial charge on any atom is 0.191 e. The Hall–Kier alpha value is -0.850. The van der Waals surface area contributed by atoms with Crippen molar-refractivity contribution in [3.05, 3.63) is 0 Å². The number of nitrogens with zero attached hydrogens (tertiary/aromatic N) is 3. The number of hydrogen-bond acceptors (Lipinski definition) is 4. The van der Waals surface area contributed by atoms with Crippen LogP contribution in [0, 0.1) is 0 Å². The summed E-state index contributed by atoms with van der Waals surface area (Å²) < 4.78 is 5.43. The van der Waals surface area contributed by atoms with Gasteiger partial charge in [0.15, 0.2) is 5.96 Å². The van der Waals surface area contributed by atoms with Crippen LogP contribution >= 0.6 is 0 Å². The molecule has 26 heavy (non-hydrogen) atoms. The summed E-state index contributed by atoms with van der Waals surface area (Å²) in [4.78, 5) is 9.89. The van der Waals surface area contributed by atoms with E-state index in [1.807, 2.05) is 0 Å². The number of piperidine rings is 1. The summed E-state index contributed by atoms with van der Waals surface area (Å²) in [5, 5.41) is 6.87. The fourth-order valence-electron chi connectivity index (χ4n) is 3.73. The first-order valence-electron chi connectivity index (χ1n) is 10.9. The molecule has 0 bridgehead atoms. The molecule has 6 heteroatoms.